The first-order valence-corrected chi connectivity index (χ1v) is 6.47. The summed E-state index contributed by atoms with van der Waals surface area (Å²) in [7, 11) is 0. The Balaban J connectivity index is 1.93. The quantitative estimate of drug-likeness (QED) is 0.773. The van der Waals surface area contributed by atoms with Crippen LogP contribution in [0.15, 0.2) is 28.9 Å². The number of aryl methyl sites for hydroxylation is 1. The van der Waals surface area contributed by atoms with Gasteiger partial charge < -0.3 is 4.52 Å². The van der Waals surface area contributed by atoms with Crippen molar-refractivity contribution in [2.45, 2.75) is 38.5 Å². The van der Waals surface area contributed by atoms with Gasteiger partial charge in [0, 0.05) is 11.9 Å². The van der Waals surface area contributed by atoms with E-state index in [9.17, 15) is 0 Å². The third-order valence-electron chi connectivity index (χ3n) is 3.53. The van der Waals surface area contributed by atoms with Crippen LogP contribution in [0.1, 0.15) is 37.8 Å². The van der Waals surface area contributed by atoms with E-state index in [1.165, 1.54) is 0 Å². The second kappa shape index (κ2) is 4.57. The average Bonchev–Trinajstić information content (AvgIpc) is 2.90. The Bertz CT molecular complexity index is 619. The highest BCUT2D eigenvalue weighted by molar-refractivity contribution is 5.41. The smallest absolute Gasteiger partial charge is 0.240 e. The number of hydrogen-bond acceptors (Lipinski definition) is 5. The Morgan fingerprint density at radius 1 is 1.21 bits per heavy atom. The number of rotatable bonds is 2. The van der Waals surface area contributed by atoms with Gasteiger partial charge in [-0.25, -0.2) is 9.97 Å². The van der Waals surface area contributed by atoms with Crippen molar-refractivity contribution in [2.75, 3.05) is 0 Å². The standard InChI is InChI=1S/C14H16N4O/c1-10-6-9-15-11(16-10)12-17-13(19-18-12)14(2)7-4-3-5-8-14/h3-4,6,9H,5,7-8H2,1-2H3. The molecule has 0 N–H and O–H groups in total. The molecule has 5 heteroatoms. The molecule has 0 fully saturated rings. The zero-order valence-electron chi connectivity index (χ0n) is 11.1. The lowest BCUT2D eigenvalue weighted by Gasteiger charge is -2.25. The zero-order valence-corrected chi connectivity index (χ0v) is 11.1. The van der Waals surface area contributed by atoms with Crippen molar-refractivity contribution in [1.29, 1.82) is 0 Å². The van der Waals surface area contributed by atoms with Gasteiger partial charge in [-0.05, 0) is 32.3 Å². The summed E-state index contributed by atoms with van der Waals surface area (Å²) in [5.74, 6) is 1.66. The van der Waals surface area contributed by atoms with Gasteiger partial charge in [-0.15, -0.1) is 0 Å². The molecule has 0 amide bonds. The van der Waals surface area contributed by atoms with Crippen molar-refractivity contribution in [3.05, 3.63) is 36.0 Å². The van der Waals surface area contributed by atoms with Crippen LogP contribution in [0.4, 0.5) is 0 Å². The van der Waals surface area contributed by atoms with E-state index in [-0.39, 0.29) is 5.41 Å². The van der Waals surface area contributed by atoms with Crippen LogP contribution in [0, 0.1) is 6.92 Å². The number of aromatic nitrogens is 4. The van der Waals surface area contributed by atoms with Crippen LogP contribution in [0.3, 0.4) is 0 Å². The lowest BCUT2D eigenvalue weighted by molar-refractivity contribution is 0.277. The maximum atomic E-state index is 5.43. The Labute approximate surface area is 111 Å². The van der Waals surface area contributed by atoms with Crippen molar-refractivity contribution in [2.24, 2.45) is 0 Å². The van der Waals surface area contributed by atoms with E-state index in [1.54, 1.807) is 6.20 Å². The van der Waals surface area contributed by atoms with E-state index in [0.29, 0.717) is 17.5 Å². The summed E-state index contributed by atoms with van der Waals surface area (Å²) < 4.78 is 5.43. The van der Waals surface area contributed by atoms with E-state index in [4.69, 9.17) is 4.52 Å². The van der Waals surface area contributed by atoms with Gasteiger partial charge in [0.1, 0.15) is 0 Å². The predicted molar refractivity (Wildman–Crippen MR) is 70.4 cm³/mol. The van der Waals surface area contributed by atoms with Gasteiger partial charge in [0.15, 0.2) is 0 Å². The topological polar surface area (TPSA) is 64.7 Å². The third-order valence-corrected chi connectivity index (χ3v) is 3.53. The van der Waals surface area contributed by atoms with E-state index in [1.807, 2.05) is 13.0 Å². The average molecular weight is 256 g/mol. The molecule has 0 spiro atoms. The molecule has 1 aliphatic carbocycles. The van der Waals surface area contributed by atoms with E-state index < -0.39 is 0 Å². The number of nitrogens with zero attached hydrogens (tertiary/aromatic N) is 4. The van der Waals surface area contributed by atoms with Crippen molar-refractivity contribution in [3.8, 4) is 11.6 Å². The monoisotopic (exact) mass is 256 g/mol. The highest BCUT2D eigenvalue weighted by Crippen LogP contribution is 2.35. The maximum absolute atomic E-state index is 5.43. The summed E-state index contributed by atoms with van der Waals surface area (Å²) >= 11 is 0. The summed E-state index contributed by atoms with van der Waals surface area (Å²) in [5.41, 5.74) is 0.826. The van der Waals surface area contributed by atoms with E-state index in [2.05, 4.69) is 39.2 Å². The van der Waals surface area contributed by atoms with E-state index in [0.717, 1.165) is 25.0 Å². The molecule has 0 saturated carbocycles. The molecular formula is C14H16N4O. The van der Waals surface area contributed by atoms with Gasteiger partial charge >= 0.3 is 0 Å². The highest BCUT2D eigenvalue weighted by Gasteiger charge is 2.33. The lowest BCUT2D eigenvalue weighted by Crippen LogP contribution is -2.23. The van der Waals surface area contributed by atoms with Gasteiger partial charge in [0.2, 0.25) is 17.5 Å². The van der Waals surface area contributed by atoms with Crippen LogP contribution in [0.2, 0.25) is 0 Å². The first-order chi connectivity index (χ1) is 9.17. The second-order valence-corrected chi connectivity index (χ2v) is 5.22. The highest BCUT2D eigenvalue weighted by atomic mass is 16.5. The first kappa shape index (κ1) is 12.0. The Morgan fingerprint density at radius 3 is 2.84 bits per heavy atom. The third kappa shape index (κ3) is 2.28. The number of allylic oxidation sites excluding steroid dienone is 2. The molecule has 0 saturated heterocycles. The van der Waals surface area contributed by atoms with Crippen LogP contribution >= 0.6 is 0 Å². The summed E-state index contributed by atoms with van der Waals surface area (Å²) in [5, 5.41) is 4.01. The van der Waals surface area contributed by atoms with Gasteiger partial charge in [0.25, 0.3) is 0 Å². The first-order valence-electron chi connectivity index (χ1n) is 6.47. The summed E-state index contributed by atoms with van der Waals surface area (Å²) in [6.45, 7) is 4.07. The largest absolute Gasteiger partial charge is 0.338 e. The molecular weight excluding hydrogens is 240 g/mol. The van der Waals surface area contributed by atoms with E-state index >= 15 is 0 Å². The molecule has 0 bridgehead atoms. The minimum absolute atomic E-state index is 0.0656. The second-order valence-electron chi connectivity index (χ2n) is 5.22. The Morgan fingerprint density at radius 2 is 2.11 bits per heavy atom. The molecule has 0 radical (unpaired) electrons. The van der Waals surface area contributed by atoms with Crippen LogP contribution < -0.4 is 0 Å². The fourth-order valence-corrected chi connectivity index (χ4v) is 2.28. The maximum Gasteiger partial charge on any atom is 0.240 e. The van der Waals surface area contributed by atoms with Crippen LogP contribution in [-0.2, 0) is 5.41 Å². The Hall–Kier alpha value is -2.04. The van der Waals surface area contributed by atoms with Crippen LogP contribution in [0.5, 0.6) is 0 Å². The van der Waals surface area contributed by atoms with Crippen molar-refractivity contribution < 1.29 is 4.52 Å². The fraction of sp³-hybridized carbons (Fsp3) is 0.429. The fourth-order valence-electron chi connectivity index (χ4n) is 2.28. The van der Waals surface area contributed by atoms with Gasteiger partial charge in [-0.3, -0.25) is 0 Å². The molecule has 1 unspecified atom stereocenters. The van der Waals surface area contributed by atoms with Crippen molar-refractivity contribution in [3.63, 3.8) is 0 Å². The number of hydrogen-bond donors (Lipinski definition) is 0. The van der Waals surface area contributed by atoms with Crippen LogP contribution in [0.25, 0.3) is 11.6 Å². The molecule has 1 aliphatic rings. The lowest BCUT2D eigenvalue weighted by atomic mass is 9.79. The minimum Gasteiger partial charge on any atom is -0.338 e. The molecule has 0 aliphatic heterocycles. The van der Waals surface area contributed by atoms with Gasteiger partial charge in [-0.2, -0.15) is 4.98 Å². The molecule has 19 heavy (non-hydrogen) atoms. The minimum atomic E-state index is -0.0656. The molecule has 0 aromatic carbocycles. The molecule has 3 rings (SSSR count). The van der Waals surface area contributed by atoms with Crippen molar-refractivity contribution >= 4 is 0 Å². The SMILES string of the molecule is Cc1ccnc(-c2noc(C3(C)CC=CCC3)n2)n1. The molecule has 2 heterocycles. The molecule has 2 aromatic heterocycles. The molecule has 5 nitrogen and oxygen atoms in total. The molecule has 2 aromatic rings. The molecule has 1 atom stereocenters. The van der Waals surface area contributed by atoms with Crippen LogP contribution in [-0.4, -0.2) is 20.1 Å². The zero-order chi connectivity index (χ0) is 13.3. The summed E-state index contributed by atoms with van der Waals surface area (Å²) in [6.07, 6.45) is 9.09. The Kier molecular flexibility index (Phi) is 2.89. The predicted octanol–water partition coefficient (Wildman–Crippen LogP) is 2.83. The van der Waals surface area contributed by atoms with Gasteiger partial charge in [0.05, 0.1) is 5.41 Å². The van der Waals surface area contributed by atoms with Crippen molar-refractivity contribution in [1.82, 2.24) is 20.1 Å². The van der Waals surface area contributed by atoms with Gasteiger partial charge in [-0.1, -0.05) is 24.2 Å². The summed E-state index contributed by atoms with van der Waals surface area (Å²) in [6, 6.07) is 1.84. The normalized spacial score (nSPS) is 22.6. The molecule has 98 valence electrons. The summed E-state index contributed by atoms with van der Waals surface area (Å²) in [4.78, 5) is 13.0.